The molecular formula is C15H26O. The Morgan fingerprint density at radius 3 is 2.50 bits per heavy atom. The van der Waals surface area contributed by atoms with E-state index in [1.807, 2.05) is 0 Å². The lowest BCUT2D eigenvalue weighted by molar-refractivity contribution is -0.275. The highest BCUT2D eigenvalue weighted by Gasteiger charge is 2.59. The van der Waals surface area contributed by atoms with E-state index >= 15 is 0 Å². The molecule has 3 fully saturated rings. The minimum absolute atomic E-state index is 0.115. The Morgan fingerprint density at radius 2 is 1.75 bits per heavy atom. The van der Waals surface area contributed by atoms with Gasteiger partial charge in [0.25, 0.3) is 0 Å². The predicted molar refractivity (Wildman–Crippen MR) is 66.4 cm³/mol. The van der Waals surface area contributed by atoms with Crippen molar-refractivity contribution in [3.05, 3.63) is 0 Å². The van der Waals surface area contributed by atoms with E-state index in [4.69, 9.17) is 4.74 Å². The Morgan fingerprint density at radius 1 is 1.00 bits per heavy atom. The first kappa shape index (κ1) is 11.1. The highest BCUT2D eigenvalue weighted by Crippen LogP contribution is 2.62. The van der Waals surface area contributed by atoms with E-state index in [1.54, 1.807) is 0 Å². The summed E-state index contributed by atoms with van der Waals surface area (Å²) in [7, 11) is 0. The topological polar surface area (TPSA) is 9.23 Å². The molecule has 0 aromatic carbocycles. The molecule has 1 heterocycles. The van der Waals surface area contributed by atoms with Crippen molar-refractivity contribution in [3.63, 3.8) is 0 Å². The zero-order valence-electron chi connectivity index (χ0n) is 11.3. The van der Waals surface area contributed by atoms with Gasteiger partial charge in [0.15, 0.2) is 0 Å². The summed E-state index contributed by atoms with van der Waals surface area (Å²) in [5.41, 5.74) is 0.872. The molecule has 0 radical (unpaired) electrons. The van der Waals surface area contributed by atoms with Crippen molar-refractivity contribution in [3.8, 4) is 0 Å². The van der Waals surface area contributed by atoms with Crippen LogP contribution in [-0.2, 0) is 4.74 Å². The van der Waals surface area contributed by atoms with Gasteiger partial charge in [-0.3, -0.25) is 0 Å². The summed E-state index contributed by atoms with van der Waals surface area (Å²) in [5, 5.41) is 0. The van der Waals surface area contributed by atoms with Gasteiger partial charge in [-0.15, -0.1) is 0 Å². The minimum atomic E-state index is 0.115. The molecule has 0 spiro atoms. The first-order chi connectivity index (χ1) is 7.36. The molecule has 0 amide bonds. The van der Waals surface area contributed by atoms with E-state index < -0.39 is 0 Å². The van der Waals surface area contributed by atoms with Gasteiger partial charge in [0.05, 0.1) is 11.2 Å². The van der Waals surface area contributed by atoms with E-state index in [9.17, 15) is 0 Å². The fraction of sp³-hybridized carbons (Fsp3) is 1.00. The van der Waals surface area contributed by atoms with Crippen LogP contribution in [0.15, 0.2) is 0 Å². The average Bonchev–Trinajstić information content (AvgIpc) is 2.14. The molecule has 4 atom stereocenters. The van der Waals surface area contributed by atoms with E-state index in [-0.39, 0.29) is 11.2 Å². The van der Waals surface area contributed by atoms with Gasteiger partial charge in [0.2, 0.25) is 0 Å². The normalized spacial score (nSPS) is 54.8. The van der Waals surface area contributed by atoms with Gasteiger partial charge in [-0.05, 0) is 70.1 Å². The fourth-order valence-electron chi connectivity index (χ4n) is 5.11. The van der Waals surface area contributed by atoms with E-state index in [1.165, 1.54) is 38.5 Å². The summed E-state index contributed by atoms with van der Waals surface area (Å²) in [6, 6.07) is 0. The van der Waals surface area contributed by atoms with Crippen LogP contribution in [0, 0.1) is 17.3 Å². The van der Waals surface area contributed by atoms with Crippen LogP contribution in [-0.4, -0.2) is 11.2 Å². The van der Waals surface area contributed by atoms with Crippen molar-refractivity contribution in [1.82, 2.24) is 0 Å². The maximum atomic E-state index is 6.56. The van der Waals surface area contributed by atoms with Gasteiger partial charge in [-0.2, -0.15) is 0 Å². The lowest BCUT2D eigenvalue weighted by Crippen LogP contribution is -2.62. The molecule has 1 aliphatic heterocycles. The van der Waals surface area contributed by atoms with Crippen molar-refractivity contribution in [2.45, 2.75) is 77.4 Å². The highest BCUT2D eigenvalue weighted by atomic mass is 16.5. The molecule has 1 saturated heterocycles. The lowest BCUT2D eigenvalue weighted by Gasteiger charge is -2.63. The summed E-state index contributed by atoms with van der Waals surface area (Å²) in [6.45, 7) is 9.54. The third-order valence-electron chi connectivity index (χ3n) is 6.06. The smallest absolute Gasteiger partial charge is 0.0695 e. The van der Waals surface area contributed by atoms with Crippen LogP contribution in [0.25, 0.3) is 0 Å². The summed E-state index contributed by atoms with van der Waals surface area (Å²) >= 11 is 0. The molecular weight excluding hydrogens is 196 g/mol. The van der Waals surface area contributed by atoms with Crippen LogP contribution in [0.5, 0.6) is 0 Å². The van der Waals surface area contributed by atoms with Gasteiger partial charge in [0.1, 0.15) is 0 Å². The Labute approximate surface area is 99.9 Å². The summed E-state index contributed by atoms with van der Waals surface area (Å²) in [6.07, 6.45) is 8.32. The molecule has 0 N–H and O–H groups in total. The molecule has 3 rings (SSSR count). The minimum Gasteiger partial charge on any atom is -0.369 e. The van der Waals surface area contributed by atoms with Crippen LogP contribution in [0.4, 0.5) is 0 Å². The van der Waals surface area contributed by atoms with E-state index in [0.29, 0.717) is 5.41 Å². The zero-order chi connectivity index (χ0) is 11.6. The highest BCUT2D eigenvalue weighted by molar-refractivity contribution is 5.08. The molecule has 0 aromatic rings. The first-order valence-corrected chi connectivity index (χ1v) is 7.06. The summed E-state index contributed by atoms with van der Waals surface area (Å²) < 4.78 is 6.56. The molecule has 0 unspecified atom stereocenters. The predicted octanol–water partition coefficient (Wildman–Crippen LogP) is 4.16. The number of fused-ring (bicyclic) bond motifs is 1. The Kier molecular flexibility index (Phi) is 2.11. The standard InChI is InChI=1S/C15H26O/c1-13(2)11-6-9-14(3)7-5-8-15(4,16-13)12(14)10-11/h11-12H,5-10H2,1-4H3/t11-,12-,14+,15+/m1/s1. The Hall–Kier alpha value is -0.0400. The maximum Gasteiger partial charge on any atom is 0.0695 e. The summed E-state index contributed by atoms with van der Waals surface area (Å²) in [4.78, 5) is 0. The van der Waals surface area contributed by atoms with Crippen molar-refractivity contribution < 1.29 is 4.74 Å². The van der Waals surface area contributed by atoms with Gasteiger partial charge in [-0.25, -0.2) is 0 Å². The Bertz CT molecular complexity index is 309. The number of hydrogen-bond acceptors (Lipinski definition) is 1. The molecule has 2 bridgehead atoms. The molecule has 16 heavy (non-hydrogen) atoms. The maximum absolute atomic E-state index is 6.56. The van der Waals surface area contributed by atoms with Crippen molar-refractivity contribution in [2.75, 3.05) is 0 Å². The van der Waals surface area contributed by atoms with Crippen molar-refractivity contribution in [1.29, 1.82) is 0 Å². The number of hydrogen-bond donors (Lipinski definition) is 0. The zero-order valence-corrected chi connectivity index (χ0v) is 11.3. The molecule has 2 saturated carbocycles. The monoisotopic (exact) mass is 222 g/mol. The average molecular weight is 222 g/mol. The van der Waals surface area contributed by atoms with Crippen LogP contribution in [0.3, 0.4) is 0 Å². The second-order valence-electron chi connectivity index (χ2n) is 7.55. The van der Waals surface area contributed by atoms with Crippen LogP contribution < -0.4 is 0 Å². The van der Waals surface area contributed by atoms with Gasteiger partial charge in [0, 0.05) is 0 Å². The summed E-state index contributed by atoms with van der Waals surface area (Å²) in [5.74, 6) is 1.62. The van der Waals surface area contributed by atoms with E-state index in [0.717, 1.165) is 11.8 Å². The molecule has 92 valence electrons. The lowest BCUT2D eigenvalue weighted by atomic mass is 9.50. The van der Waals surface area contributed by atoms with Gasteiger partial charge in [-0.1, -0.05) is 13.3 Å². The molecule has 0 aromatic heterocycles. The van der Waals surface area contributed by atoms with Crippen LogP contribution in [0.2, 0.25) is 0 Å². The second-order valence-corrected chi connectivity index (χ2v) is 7.55. The second kappa shape index (κ2) is 3.04. The first-order valence-electron chi connectivity index (χ1n) is 7.06. The van der Waals surface area contributed by atoms with Crippen molar-refractivity contribution >= 4 is 0 Å². The molecule has 1 heteroatoms. The van der Waals surface area contributed by atoms with Gasteiger partial charge < -0.3 is 4.74 Å². The fourth-order valence-corrected chi connectivity index (χ4v) is 5.11. The largest absolute Gasteiger partial charge is 0.369 e. The SMILES string of the molecule is CC1(C)O[C@@]2(C)CCC[C@@]3(C)CC[C@@H]1C[C@H]32. The molecule has 1 nitrogen and oxygen atoms in total. The third-order valence-corrected chi connectivity index (χ3v) is 6.06. The van der Waals surface area contributed by atoms with E-state index in [2.05, 4.69) is 27.7 Å². The van der Waals surface area contributed by atoms with Crippen LogP contribution >= 0.6 is 0 Å². The Balaban J connectivity index is 2.00. The number of ether oxygens (including phenoxy) is 1. The van der Waals surface area contributed by atoms with Crippen molar-refractivity contribution in [2.24, 2.45) is 17.3 Å². The molecule has 3 aliphatic rings. The quantitative estimate of drug-likeness (QED) is 0.598. The molecule has 2 aliphatic carbocycles. The number of rotatable bonds is 0. The third kappa shape index (κ3) is 1.33. The van der Waals surface area contributed by atoms with Gasteiger partial charge >= 0.3 is 0 Å². The van der Waals surface area contributed by atoms with Crippen LogP contribution in [0.1, 0.15) is 66.2 Å².